The molecule has 0 bridgehead atoms. The van der Waals surface area contributed by atoms with Gasteiger partial charge < -0.3 is 10.5 Å². The molecule has 0 spiro atoms. The molecule has 1 aromatic carbocycles. The largest absolute Gasteiger partial charge is 0.462 e. The Morgan fingerprint density at radius 2 is 2.16 bits per heavy atom. The summed E-state index contributed by atoms with van der Waals surface area (Å²) in [7, 11) is 0. The molecule has 0 atom stereocenters. The smallest absolute Gasteiger partial charge is 0.340 e. The number of hydrogen-bond acceptors (Lipinski definition) is 5. The van der Waals surface area contributed by atoms with Gasteiger partial charge in [0.1, 0.15) is 11.6 Å². The summed E-state index contributed by atoms with van der Waals surface area (Å²) < 4.78 is 6.65. The van der Waals surface area contributed by atoms with Gasteiger partial charge in [-0.15, -0.1) is 0 Å². The normalized spacial score (nSPS) is 10.5. The minimum absolute atomic E-state index is 0.308. The topological polar surface area (TPSA) is 83.0 Å². The van der Waals surface area contributed by atoms with E-state index in [4.69, 9.17) is 10.5 Å². The van der Waals surface area contributed by atoms with Gasteiger partial charge in [0.25, 0.3) is 0 Å². The molecule has 0 saturated heterocycles. The fourth-order valence-corrected chi connectivity index (χ4v) is 1.86. The third-order valence-electron chi connectivity index (χ3n) is 2.62. The van der Waals surface area contributed by atoms with Gasteiger partial charge in [0, 0.05) is 5.69 Å². The first-order chi connectivity index (χ1) is 9.02. The van der Waals surface area contributed by atoms with Crippen LogP contribution < -0.4 is 5.73 Å². The molecule has 6 heteroatoms. The van der Waals surface area contributed by atoms with Gasteiger partial charge in [-0.25, -0.2) is 14.5 Å². The highest BCUT2D eigenvalue weighted by atomic mass is 16.5. The van der Waals surface area contributed by atoms with E-state index in [2.05, 4.69) is 10.1 Å². The summed E-state index contributed by atoms with van der Waals surface area (Å²) in [6.07, 6.45) is 0. The van der Waals surface area contributed by atoms with Crippen molar-refractivity contribution < 1.29 is 9.53 Å². The highest BCUT2D eigenvalue weighted by Crippen LogP contribution is 2.19. The van der Waals surface area contributed by atoms with Crippen LogP contribution in [0.5, 0.6) is 0 Å². The molecule has 0 aliphatic carbocycles. The lowest BCUT2D eigenvalue weighted by Gasteiger charge is -2.10. The van der Waals surface area contributed by atoms with Gasteiger partial charge in [-0.3, -0.25) is 0 Å². The van der Waals surface area contributed by atoms with Gasteiger partial charge in [-0.05, 0) is 39.0 Å². The van der Waals surface area contributed by atoms with Crippen LogP contribution in [0, 0.1) is 13.8 Å². The summed E-state index contributed by atoms with van der Waals surface area (Å²) in [4.78, 5) is 16.2. The van der Waals surface area contributed by atoms with Gasteiger partial charge in [-0.2, -0.15) is 5.10 Å². The Hall–Kier alpha value is -2.37. The Morgan fingerprint density at radius 1 is 1.42 bits per heavy atom. The van der Waals surface area contributed by atoms with Crippen molar-refractivity contribution in [3.05, 3.63) is 35.4 Å². The Kier molecular flexibility index (Phi) is 3.50. The first-order valence-electron chi connectivity index (χ1n) is 6.00. The molecule has 6 nitrogen and oxygen atoms in total. The molecule has 1 heterocycles. The minimum Gasteiger partial charge on any atom is -0.462 e. The van der Waals surface area contributed by atoms with Gasteiger partial charge in [-0.1, -0.05) is 0 Å². The standard InChI is InChI=1S/C13H16N4O2/c1-4-19-13(18)11-7-10(14)5-6-12(11)17-9(3)15-8(2)16-17/h5-7H,4,14H2,1-3H3. The predicted molar refractivity (Wildman–Crippen MR) is 71.2 cm³/mol. The van der Waals surface area contributed by atoms with Crippen LogP contribution in [-0.4, -0.2) is 27.3 Å². The molecule has 0 unspecified atom stereocenters. The van der Waals surface area contributed by atoms with Gasteiger partial charge in [0.2, 0.25) is 0 Å². The number of nitrogens with zero attached hydrogens (tertiary/aromatic N) is 3. The van der Waals surface area contributed by atoms with E-state index in [0.29, 0.717) is 35.2 Å². The molecular weight excluding hydrogens is 244 g/mol. The Morgan fingerprint density at radius 3 is 2.74 bits per heavy atom. The highest BCUT2D eigenvalue weighted by Gasteiger charge is 2.17. The van der Waals surface area contributed by atoms with Crippen molar-refractivity contribution in [2.75, 3.05) is 12.3 Å². The third kappa shape index (κ3) is 2.57. The number of aromatic nitrogens is 3. The SMILES string of the molecule is CCOC(=O)c1cc(N)ccc1-n1nc(C)nc1C. The molecule has 100 valence electrons. The monoisotopic (exact) mass is 260 g/mol. The fourth-order valence-electron chi connectivity index (χ4n) is 1.86. The molecule has 0 aliphatic rings. The van der Waals surface area contributed by atoms with E-state index in [0.717, 1.165) is 0 Å². The van der Waals surface area contributed by atoms with Crippen molar-refractivity contribution in [2.24, 2.45) is 0 Å². The third-order valence-corrected chi connectivity index (χ3v) is 2.62. The van der Waals surface area contributed by atoms with Crippen molar-refractivity contribution in [3.8, 4) is 5.69 Å². The van der Waals surface area contributed by atoms with Gasteiger partial charge in [0.15, 0.2) is 0 Å². The second-order valence-electron chi connectivity index (χ2n) is 4.12. The van der Waals surface area contributed by atoms with Crippen LogP contribution in [-0.2, 0) is 4.74 Å². The maximum atomic E-state index is 12.0. The molecule has 0 amide bonds. The zero-order valence-corrected chi connectivity index (χ0v) is 11.2. The molecule has 0 saturated carbocycles. The molecule has 0 fully saturated rings. The average Bonchev–Trinajstić information content (AvgIpc) is 2.68. The van der Waals surface area contributed by atoms with Gasteiger partial charge in [0.05, 0.1) is 17.9 Å². The number of rotatable bonds is 3. The molecule has 0 aliphatic heterocycles. The van der Waals surface area contributed by atoms with Crippen LogP contribution in [0.25, 0.3) is 5.69 Å². The first-order valence-corrected chi connectivity index (χ1v) is 6.00. The van der Waals surface area contributed by atoms with E-state index in [1.165, 1.54) is 0 Å². The summed E-state index contributed by atoms with van der Waals surface area (Å²) in [5.41, 5.74) is 7.23. The molecule has 1 aromatic heterocycles. The number of aryl methyl sites for hydroxylation is 2. The number of carbonyl (C=O) groups excluding carboxylic acids is 1. The summed E-state index contributed by atoms with van der Waals surface area (Å²) in [6.45, 7) is 5.69. The van der Waals surface area contributed by atoms with Crippen molar-refractivity contribution in [1.29, 1.82) is 0 Å². The quantitative estimate of drug-likeness (QED) is 0.670. The second-order valence-corrected chi connectivity index (χ2v) is 4.12. The van der Waals surface area contributed by atoms with Crippen LogP contribution in [0.3, 0.4) is 0 Å². The molecule has 2 N–H and O–H groups in total. The van der Waals surface area contributed by atoms with Crippen molar-refractivity contribution in [3.63, 3.8) is 0 Å². The van der Waals surface area contributed by atoms with E-state index in [1.54, 1.807) is 36.7 Å². The number of hydrogen-bond donors (Lipinski definition) is 1. The summed E-state index contributed by atoms with van der Waals surface area (Å²) in [5.74, 6) is 0.925. The molecule has 0 radical (unpaired) electrons. The van der Waals surface area contributed by atoms with Crippen LogP contribution in [0.15, 0.2) is 18.2 Å². The van der Waals surface area contributed by atoms with E-state index < -0.39 is 5.97 Å². The maximum Gasteiger partial charge on any atom is 0.340 e. The fraction of sp³-hybridized carbons (Fsp3) is 0.308. The Bertz CT molecular complexity index is 619. The number of benzene rings is 1. The molecule has 2 aromatic rings. The van der Waals surface area contributed by atoms with E-state index >= 15 is 0 Å². The van der Waals surface area contributed by atoms with Crippen LogP contribution >= 0.6 is 0 Å². The Balaban J connectivity index is 2.57. The zero-order chi connectivity index (χ0) is 14.0. The highest BCUT2D eigenvalue weighted by molar-refractivity contribution is 5.94. The van der Waals surface area contributed by atoms with Crippen LogP contribution in [0.2, 0.25) is 0 Å². The van der Waals surface area contributed by atoms with Crippen LogP contribution in [0.4, 0.5) is 5.69 Å². The zero-order valence-electron chi connectivity index (χ0n) is 11.2. The van der Waals surface area contributed by atoms with Crippen LogP contribution in [0.1, 0.15) is 28.9 Å². The lowest BCUT2D eigenvalue weighted by atomic mass is 10.1. The minimum atomic E-state index is -0.419. The lowest BCUT2D eigenvalue weighted by molar-refractivity contribution is 0.0526. The average molecular weight is 260 g/mol. The number of ether oxygens (including phenoxy) is 1. The number of carbonyl (C=O) groups is 1. The second kappa shape index (κ2) is 5.09. The van der Waals surface area contributed by atoms with Crippen molar-refractivity contribution in [2.45, 2.75) is 20.8 Å². The maximum absolute atomic E-state index is 12.0. The van der Waals surface area contributed by atoms with Crippen molar-refractivity contribution in [1.82, 2.24) is 14.8 Å². The predicted octanol–water partition coefficient (Wildman–Crippen LogP) is 1.64. The number of esters is 1. The van der Waals surface area contributed by atoms with E-state index in [1.807, 2.05) is 6.92 Å². The number of nitrogen functional groups attached to an aromatic ring is 1. The lowest BCUT2D eigenvalue weighted by Crippen LogP contribution is -2.12. The van der Waals surface area contributed by atoms with E-state index in [9.17, 15) is 4.79 Å². The molecule has 2 rings (SSSR count). The summed E-state index contributed by atoms with van der Waals surface area (Å²) in [6, 6.07) is 5.04. The molecular formula is C13H16N4O2. The van der Waals surface area contributed by atoms with Crippen molar-refractivity contribution >= 4 is 11.7 Å². The van der Waals surface area contributed by atoms with E-state index in [-0.39, 0.29) is 0 Å². The molecule has 19 heavy (non-hydrogen) atoms. The summed E-state index contributed by atoms with van der Waals surface area (Å²) >= 11 is 0. The number of anilines is 1. The Labute approximate surface area is 111 Å². The first kappa shape index (κ1) is 13.1. The summed E-state index contributed by atoms with van der Waals surface area (Å²) in [5, 5.41) is 4.27. The van der Waals surface area contributed by atoms with Gasteiger partial charge >= 0.3 is 5.97 Å². The number of nitrogens with two attached hydrogens (primary N) is 1.